The van der Waals surface area contributed by atoms with Gasteiger partial charge in [0.2, 0.25) is 0 Å². The van der Waals surface area contributed by atoms with E-state index in [4.69, 9.17) is 19.9 Å². The number of nitrogens with one attached hydrogen (secondary N) is 1. The van der Waals surface area contributed by atoms with Gasteiger partial charge in [0.05, 0.1) is 13.7 Å². The summed E-state index contributed by atoms with van der Waals surface area (Å²) in [4.78, 5) is 12.2. The Hall–Kier alpha value is -1.79. The predicted molar refractivity (Wildman–Crippen MR) is 83.4 cm³/mol. The Morgan fingerprint density at radius 1 is 1.45 bits per heavy atom. The number of nitrogens with two attached hydrogens (primary N) is 1. The highest BCUT2D eigenvalue weighted by Gasteiger charge is 2.16. The Bertz CT molecular complexity index is 487. The molecule has 0 spiro atoms. The van der Waals surface area contributed by atoms with Gasteiger partial charge in [0.15, 0.2) is 11.5 Å². The summed E-state index contributed by atoms with van der Waals surface area (Å²) in [7, 11) is 1.55. The topological polar surface area (TPSA) is 82.8 Å². The number of hydrogen-bond donors (Lipinski definition) is 2. The van der Waals surface area contributed by atoms with Crippen LogP contribution in [-0.2, 0) is 4.74 Å². The fraction of sp³-hybridized carbons (Fsp3) is 0.562. The highest BCUT2D eigenvalue weighted by Crippen LogP contribution is 2.28. The minimum absolute atomic E-state index is 0.116. The van der Waals surface area contributed by atoms with E-state index in [0.29, 0.717) is 42.7 Å². The van der Waals surface area contributed by atoms with Crippen molar-refractivity contribution in [3.63, 3.8) is 0 Å². The average molecular weight is 308 g/mol. The lowest BCUT2D eigenvalue weighted by atomic mass is 10.0. The van der Waals surface area contributed by atoms with Gasteiger partial charge < -0.3 is 25.3 Å². The molecule has 22 heavy (non-hydrogen) atoms. The summed E-state index contributed by atoms with van der Waals surface area (Å²) < 4.78 is 16.1. The Labute approximate surface area is 130 Å². The number of hydrogen-bond acceptors (Lipinski definition) is 5. The van der Waals surface area contributed by atoms with Crippen LogP contribution in [0.3, 0.4) is 0 Å². The van der Waals surface area contributed by atoms with Crippen molar-refractivity contribution in [2.45, 2.75) is 12.8 Å². The van der Waals surface area contributed by atoms with Crippen LogP contribution >= 0.6 is 0 Å². The molecule has 1 atom stereocenters. The van der Waals surface area contributed by atoms with Crippen LogP contribution in [0.1, 0.15) is 23.2 Å². The zero-order valence-corrected chi connectivity index (χ0v) is 13.0. The lowest BCUT2D eigenvalue weighted by Crippen LogP contribution is -2.33. The largest absolute Gasteiger partial charge is 0.493 e. The minimum atomic E-state index is -0.116. The van der Waals surface area contributed by atoms with Gasteiger partial charge in [-0.2, -0.15) is 0 Å². The van der Waals surface area contributed by atoms with E-state index in [-0.39, 0.29) is 5.91 Å². The Kier molecular flexibility index (Phi) is 6.48. The molecule has 1 aliphatic rings. The standard InChI is InChI=1S/C16H24N2O4/c1-20-15-9-13(4-5-14(15)22-8-6-17)16(19)18-10-12-3-2-7-21-11-12/h4-5,9,12H,2-3,6-8,10-11,17H2,1H3,(H,18,19)/t12-/m1/s1. The summed E-state index contributed by atoms with van der Waals surface area (Å²) in [6, 6.07) is 5.13. The van der Waals surface area contributed by atoms with Gasteiger partial charge in [0.1, 0.15) is 6.61 Å². The monoisotopic (exact) mass is 308 g/mol. The van der Waals surface area contributed by atoms with Crippen molar-refractivity contribution in [2.75, 3.05) is 40.0 Å². The van der Waals surface area contributed by atoms with Gasteiger partial charge in [0, 0.05) is 25.3 Å². The molecule has 0 bridgehead atoms. The average Bonchev–Trinajstić information content (AvgIpc) is 2.58. The van der Waals surface area contributed by atoms with Crippen molar-refractivity contribution in [1.29, 1.82) is 0 Å². The third-order valence-electron chi connectivity index (χ3n) is 3.61. The van der Waals surface area contributed by atoms with Crippen molar-refractivity contribution in [1.82, 2.24) is 5.32 Å². The molecule has 122 valence electrons. The lowest BCUT2D eigenvalue weighted by Gasteiger charge is -2.22. The summed E-state index contributed by atoms with van der Waals surface area (Å²) in [5.74, 6) is 1.40. The molecular formula is C16H24N2O4. The minimum Gasteiger partial charge on any atom is -0.493 e. The third kappa shape index (κ3) is 4.61. The van der Waals surface area contributed by atoms with E-state index in [2.05, 4.69) is 5.32 Å². The maximum absolute atomic E-state index is 12.2. The first-order valence-corrected chi connectivity index (χ1v) is 7.61. The molecule has 0 aliphatic carbocycles. The van der Waals surface area contributed by atoms with Gasteiger partial charge >= 0.3 is 0 Å². The highest BCUT2D eigenvalue weighted by atomic mass is 16.5. The lowest BCUT2D eigenvalue weighted by molar-refractivity contribution is 0.0536. The quantitative estimate of drug-likeness (QED) is 0.790. The fourth-order valence-corrected chi connectivity index (χ4v) is 2.40. The molecular weight excluding hydrogens is 284 g/mol. The van der Waals surface area contributed by atoms with E-state index in [9.17, 15) is 4.79 Å². The summed E-state index contributed by atoms with van der Waals surface area (Å²) in [5, 5.41) is 2.95. The maximum Gasteiger partial charge on any atom is 0.251 e. The highest BCUT2D eigenvalue weighted by molar-refractivity contribution is 5.94. The number of amides is 1. The number of carbonyl (C=O) groups is 1. The first kappa shape index (κ1) is 16.6. The number of carbonyl (C=O) groups excluding carboxylic acids is 1. The van der Waals surface area contributed by atoms with Crippen molar-refractivity contribution in [3.05, 3.63) is 23.8 Å². The van der Waals surface area contributed by atoms with Crippen LogP contribution in [0.25, 0.3) is 0 Å². The second kappa shape index (κ2) is 8.60. The fourth-order valence-electron chi connectivity index (χ4n) is 2.40. The van der Waals surface area contributed by atoms with Crippen LogP contribution in [0.4, 0.5) is 0 Å². The van der Waals surface area contributed by atoms with Crippen molar-refractivity contribution < 1.29 is 19.0 Å². The summed E-state index contributed by atoms with van der Waals surface area (Å²) in [6.07, 6.45) is 2.15. The van der Waals surface area contributed by atoms with Gasteiger partial charge in [-0.3, -0.25) is 4.79 Å². The summed E-state index contributed by atoms with van der Waals surface area (Å²) in [6.45, 7) is 3.01. The third-order valence-corrected chi connectivity index (χ3v) is 3.61. The van der Waals surface area contributed by atoms with E-state index >= 15 is 0 Å². The predicted octanol–water partition coefficient (Wildman–Crippen LogP) is 1.19. The molecule has 3 N–H and O–H groups in total. The number of ether oxygens (including phenoxy) is 3. The van der Waals surface area contributed by atoms with Gasteiger partial charge in [0.25, 0.3) is 5.91 Å². The van der Waals surface area contributed by atoms with Crippen LogP contribution < -0.4 is 20.5 Å². The number of rotatable bonds is 7. The molecule has 0 unspecified atom stereocenters. The molecule has 2 rings (SSSR count). The van der Waals surface area contributed by atoms with E-state index in [0.717, 1.165) is 26.1 Å². The molecule has 0 aromatic heterocycles. The Morgan fingerprint density at radius 3 is 3.00 bits per heavy atom. The van der Waals surface area contributed by atoms with Gasteiger partial charge in [-0.15, -0.1) is 0 Å². The second-order valence-corrected chi connectivity index (χ2v) is 5.30. The van der Waals surface area contributed by atoms with Crippen LogP contribution in [0, 0.1) is 5.92 Å². The van der Waals surface area contributed by atoms with Gasteiger partial charge in [-0.05, 0) is 37.0 Å². The van der Waals surface area contributed by atoms with Crippen molar-refractivity contribution in [3.8, 4) is 11.5 Å². The van der Waals surface area contributed by atoms with Crippen LogP contribution in [0.2, 0.25) is 0 Å². The normalized spacial score (nSPS) is 17.8. The molecule has 1 fully saturated rings. The molecule has 1 saturated heterocycles. The second-order valence-electron chi connectivity index (χ2n) is 5.30. The van der Waals surface area contributed by atoms with Crippen molar-refractivity contribution >= 4 is 5.91 Å². The molecule has 1 aromatic carbocycles. The molecule has 0 radical (unpaired) electrons. The molecule has 1 aliphatic heterocycles. The number of methoxy groups -OCH3 is 1. The number of benzene rings is 1. The Morgan fingerprint density at radius 2 is 2.32 bits per heavy atom. The maximum atomic E-state index is 12.2. The molecule has 1 heterocycles. The van der Waals surface area contributed by atoms with Crippen LogP contribution in [0.15, 0.2) is 18.2 Å². The molecule has 6 heteroatoms. The van der Waals surface area contributed by atoms with Gasteiger partial charge in [-0.25, -0.2) is 0 Å². The molecule has 1 amide bonds. The first-order valence-electron chi connectivity index (χ1n) is 7.61. The SMILES string of the molecule is COc1cc(C(=O)NC[C@H]2CCCOC2)ccc1OCCN. The summed E-state index contributed by atoms with van der Waals surface area (Å²) >= 11 is 0. The van der Waals surface area contributed by atoms with Crippen LogP contribution in [-0.4, -0.2) is 45.9 Å². The van der Waals surface area contributed by atoms with Crippen LogP contribution in [0.5, 0.6) is 11.5 Å². The van der Waals surface area contributed by atoms with Crippen molar-refractivity contribution in [2.24, 2.45) is 11.7 Å². The van der Waals surface area contributed by atoms with Gasteiger partial charge in [-0.1, -0.05) is 0 Å². The molecule has 0 saturated carbocycles. The molecule has 6 nitrogen and oxygen atoms in total. The summed E-state index contributed by atoms with van der Waals surface area (Å²) in [5.41, 5.74) is 5.97. The smallest absolute Gasteiger partial charge is 0.251 e. The van der Waals surface area contributed by atoms with E-state index in [1.165, 1.54) is 0 Å². The van der Waals surface area contributed by atoms with E-state index < -0.39 is 0 Å². The molecule has 1 aromatic rings. The zero-order valence-electron chi connectivity index (χ0n) is 13.0. The van der Waals surface area contributed by atoms with E-state index in [1.54, 1.807) is 25.3 Å². The first-order chi connectivity index (χ1) is 10.7. The Balaban J connectivity index is 1.93. The van der Waals surface area contributed by atoms with E-state index in [1.807, 2.05) is 0 Å². The zero-order chi connectivity index (χ0) is 15.8.